The van der Waals surface area contributed by atoms with Gasteiger partial charge in [-0.25, -0.2) is 9.18 Å². The molecule has 1 aromatic rings. The lowest BCUT2D eigenvalue weighted by atomic mass is 10.2. The number of hydrogen-bond donors (Lipinski definition) is 0. The van der Waals surface area contributed by atoms with Gasteiger partial charge in [-0.3, -0.25) is 9.79 Å². The smallest absolute Gasteiger partial charge is 0.294 e. The number of amides is 1. The van der Waals surface area contributed by atoms with E-state index in [-0.39, 0.29) is 19.6 Å². The Morgan fingerprint density at radius 3 is 2.95 bits per heavy atom. The SMILES string of the molecule is [N-]=[N+]=N[C@@H]1C[C@@H](F)CN1C(=O)OOCc1ccccc1. The summed E-state index contributed by atoms with van der Waals surface area (Å²) in [6.07, 6.45) is -2.99. The summed E-state index contributed by atoms with van der Waals surface area (Å²) in [5, 5.41) is 3.35. The van der Waals surface area contributed by atoms with E-state index in [1.54, 1.807) is 0 Å². The molecule has 1 heterocycles. The van der Waals surface area contributed by atoms with Gasteiger partial charge in [0.25, 0.3) is 0 Å². The molecule has 0 spiro atoms. The van der Waals surface area contributed by atoms with Crippen LogP contribution >= 0.6 is 0 Å². The first kappa shape index (κ1) is 14.1. The summed E-state index contributed by atoms with van der Waals surface area (Å²) in [6, 6.07) is 9.12. The quantitative estimate of drug-likeness (QED) is 0.279. The van der Waals surface area contributed by atoms with Crippen molar-refractivity contribution in [2.75, 3.05) is 6.54 Å². The van der Waals surface area contributed by atoms with Gasteiger partial charge in [0.15, 0.2) is 0 Å². The molecule has 1 fully saturated rings. The van der Waals surface area contributed by atoms with Gasteiger partial charge in [-0.1, -0.05) is 35.4 Å². The number of azide groups is 1. The van der Waals surface area contributed by atoms with Crippen molar-refractivity contribution in [1.29, 1.82) is 0 Å². The fourth-order valence-electron chi connectivity index (χ4n) is 1.90. The minimum atomic E-state index is -1.23. The molecule has 0 aromatic heterocycles. The molecule has 0 bridgehead atoms. The van der Waals surface area contributed by atoms with Crippen molar-refractivity contribution >= 4 is 6.09 Å². The normalized spacial score (nSPS) is 21.4. The Labute approximate surface area is 114 Å². The second kappa shape index (κ2) is 6.74. The lowest BCUT2D eigenvalue weighted by Crippen LogP contribution is -2.35. The molecule has 20 heavy (non-hydrogen) atoms. The molecule has 1 amide bonds. The predicted octanol–water partition coefficient (Wildman–Crippen LogP) is 2.94. The molecule has 2 atom stereocenters. The van der Waals surface area contributed by atoms with Gasteiger partial charge >= 0.3 is 6.09 Å². The number of alkyl halides is 1. The monoisotopic (exact) mass is 280 g/mol. The van der Waals surface area contributed by atoms with Crippen LogP contribution in [0.25, 0.3) is 10.4 Å². The largest absolute Gasteiger partial charge is 0.441 e. The maximum Gasteiger partial charge on any atom is 0.441 e. The van der Waals surface area contributed by atoms with Crippen molar-refractivity contribution in [2.24, 2.45) is 5.11 Å². The van der Waals surface area contributed by atoms with Gasteiger partial charge in [-0.2, -0.15) is 4.89 Å². The first-order valence-corrected chi connectivity index (χ1v) is 6.03. The standard InChI is InChI=1S/C12H13FN4O3/c13-10-6-11(15-16-14)17(7-10)12(18)20-19-8-9-4-2-1-3-5-9/h1-5,10-11H,6-8H2/t10-,11+/m1/s1. The molecule has 2 rings (SSSR count). The molecule has 0 radical (unpaired) electrons. The number of hydrogen-bond acceptors (Lipinski definition) is 4. The summed E-state index contributed by atoms with van der Waals surface area (Å²) in [7, 11) is 0. The number of carbonyl (C=O) groups excluding carboxylic acids is 1. The fraction of sp³-hybridized carbons (Fsp3) is 0.417. The van der Waals surface area contributed by atoms with Crippen LogP contribution < -0.4 is 0 Å². The summed E-state index contributed by atoms with van der Waals surface area (Å²) < 4.78 is 13.2. The molecule has 0 unspecified atom stereocenters. The Morgan fingerprint density at radius 1 is 1.50 bits per heavy atom. The van der Waals surface area contributed by atoms with Gasteiger partial charge < -0.3 is 0 Å². The number of rotatable bonds is 4. The Kier molecular flexibility index (Phi) is 4.75. The van der Waals surface area contributed by atoms with Crippen molar-refractivity contribution in [3.05, 3.63) is 46.3 Å². The van der Waals surface area contributed by atoms with Crippen LogP contribution in [0.2, 0.25) is 0 Å². The van der Waals surface area contributed by atoms with E-state index >= 15 is 0 Å². The zero-order valence-electron chi connectivity index (χ0n) is 10.6. The van der Waals surface area contributed by atoms with Gasteiger partial charge in [0, 0.05) is 11.3 Å². The van der Waals surface area contributed by atoms with E-state index < -0.39 is 18.4 Å². The molecule has 1 aliphatic rings. The molecule has 0 aliphatic carbocycles. The minimum Gasteiger partial charge on any atom is -0.294 e. The third-order valence-corrected chi connectivity index (χ3v) is 2.84. The van der Waals surface area contributed by atoms with Crippen molar-refractivity contribution in [3.63, 3.8) is 0 Å². The summed E-state index contributed by atoms with van der Waals surface area (Å²) >= 11 is 0. The molecule has 0 N–H and O–H groups in total. The number of nitrogens with zero attached hydrogens (tertiary/aromatic N) is 4. The van der Waals surface area contributed by atoms with Crippen molar-refractivity contribution in [2.45, 2.75) is 25.4 Å². The third kappa shape index (κ3) is 3.59. The van der Waals surface area contributed by atoms with Crippen LogP contribution in [0.4, 0.5) is 9.18 Å². The Balaban J connectivity index is 1.83. The highest BCUT2D eigenvalue weighted by Gasteiger charge is 2.36. The summed E-state index contributed by atoms with van der Waals surface area (Å²) in [5.74, 6) is 0. The van der Waals surface area contributed by atoms with Crippen LogP contribution in [0.15, 0.2) is 35.4 Å². The van der Waals surface area contributed by atoms with E-state index in [0.717, 1.165) is 10.5 Å². The van der Waals surface area contributed by atoms with E-state index in [1.165, 1.54) is 0 Å². The molecule has 0 saturated carbocycles. The first-order chi connectivity index (χ1) is 9.70. The second-order valence-electron chi connectivity index (χ2n) is 4.27. The number of carbonyl (C=O) groups is 1. The number of likely N-dealkylation sites (tertiary alicyclic amines) is 1. The van der Waals surface area contributed by atoms with Crippen molar-refractivity contribution in [1.82, 2.24) is 4.90 Å². The van der Waals surface area contributed by atoms with Crippen LogP contribution in [0, 0.1) is 0 Å². The molecule has 106 valence electrons. The molecule has 7 nitrogen and oxygen atoms in total. The Morgan fingerprint density at radius 2 is 2.25 bits per heavy atom. The highest BCUT2D eigenvalue weighted by atomic mass is 19.1. The molecular formula is C12H13FN4O3. The number of halogens is 1. The van der Waals surface area contributed by atoms with E-state index in [4.69, 9.17) is 10.4 Å². The maximum atomic E-state index is 13.2. The minimum absolute atomic E-state index is 0.0299. The van der Waals surface area contributed by atoms with Gasteiger partial charge in [0.2, 0.25) is 0 Å². The average Bonchev–Trinajstić information content (AvgIpc) is 2.81. The van der Waals surface area contributed by atoms with Gasteiger partial charge in [-0.05, 0) is 11.1 Å². The highest BCUT2D eigenvalue weighted by molar-refractivity contribution is 5.67. The second-order valence-corrected chi connectivity index (χ2v) is 4.27. The topological polar surface area (TPSA) is 87.5 Å². The van der Waals surface area contributed by atoms with Crippen LogP contribution in [0.5, 0.6) is 0 Å². The zero-order chi connectivity index (χ0) is 14.4. The lowest BCUT2D eigenvalue weighted by molar-refractivity contribution is -0.256. The zero-order valence-corrected chi connectivity index (χ0v) is 10.6. The Bertz CT molecular complexity index is 507. The van der Waals surface area contributed by atoms with Crippen LogP contribution in [0.1, 0.15) is 12.0 Å². The molecule has 1 aliphatic heterocycles. The van der Waals surface area contributed by atoms with Gasteiger partial charge in [0.05, 0.1) is 6.54 Å². The molecule has 1 saturated heterocycles. The third-order valence-electron chi connectivity index (χ3n) is 2.84. The predicted molar refractivity (Wildman–Crippen MR) is 66.9 cm³/mol. The lowest BCUT2D eigenvalue weighted by Gasteiger charge is -2.18. The van der Waals surface area contributed by atoms with Crippen molar-refractivity contribution < 1.29 is 19.0 Å². The van der Waals surface area contributed by atoms with E-state index in [9.17, 15) is 9.18 Å². The van der Waals surface area contributed by atoms with E-state index in [0.29, 0.717) is 0 Å². The Hall–Kier alpha value is -2.31. The highest BCUT2D eigenvalue weighted by Crippen LogP contribution is 2.22. The molecule has 1 aromatic carbocycles. The molecular weight excluding hydrogens is 267 g/mol. The van der Waals surface area contributed by atoms with Crippen LogP contribution in [-0.2, 0) is 16.4 Å². The van der Waals surface area contributed by atoms with Crippen LogP contribution in [0.3, 0.4) is 0 Å². The average molecular weight is 280 g/mol. The van der Waals surface area contributed by atoms with E-state index in [1.807, 2.05) is 30.3 Å². The first-order valence-electron chi connectivity index (χ1n) is 6.03. The number of benzene rings is 1. The summed E-state index contributed by atoms with van der Waals surface area (Å²) in [6.45, 7) is -0.0805. The molecule has 8 heteroatoms. The van der Waals surface area contributed by atoms with Crippen molar-refractivity contribution in [3.8, 4) is 0 Å². The van der Waals surface area contributed by atoms with Gasteiger partial charge in [-0.15, -0.1) is 0 Å². The fourth-order valence-corrected chi connectivity index (χ4v) is 1.90. The van der Waals surface area contributed by atoms with Gasteiger partial charge in [0.1, 0.15) is 18.9 Å². The maximum absolute atomic E-state index is 13.2. The van der Waals surface area contributed by atoms with Crippen LogP contribution in [-0.4, -0.2) is 29.9 Å². The summed E-state index contributed by atoms with van der Waals surface area (Å²) in [5.41, 5.74) is 9.19. The van der Waals surface area contributed by atoms with E-state index in [2.05, 4.69) is 14.9 Å². The summed E-state index contributed by atoms with van der Waals surface area (Å²) in [4.78, 5) is 24.7.